The van der Waals surface area contributed by atoms with Crippen molar-refractivity contribution in [2.45, 2.75) is 46.8 Å². The van der Waals surface area contributed by atoms with Gasteiger partial charge in [-0.3, -0.25) is 4.79 Å². The van der Waals surface area contributed by atoms with E-state index in [2.05, 4.69) is 10.5 Å². The highest BCUT2D eigenvalue weighted by Crippen LogP contribution is 2.19. The minimum Gasteiger partial charge on any atom is -0.459 e. The maximum atomic E-state index is 12.7. The highest BCUT2D eigenvalue weighted by atomic mass is 16.5. The maximum absolute atomic E-state index is 12.7. The van der Waals surface area contributed by atoms with Crippen molar-refractivity contribution in [3.05, 3.63) is 65.0 Å². The minimum atomic E-state index is -0.724. The molecule has 0 radical (unpaired) electrons. The molecule has 0 aliphatic rings. The summed E-state index contributed by atoms with van der Waals surface area (Å²) >= 11 is 0. The second kappa shape index (κ2) is 8.90. The number of hydrogen-bond donors (Lipinski definition) is 1. The predicted molar refractivity (Wildman–Crippen MR) is 110 cm³/mol. The highest BCUT2D eigenvalue weighted by molar-refractivity contribution is 5.91. The van der Waals surface area contributed by atoms with Crippen LogP contribution in [-0.2, 0) is 27.4 Å². The Bertz CT molecular complexity index is 998. The molecule has 6 nitrogen and oxygen atoms in total. The van der Waals surface area contributed by atoms with Crippen molar-refractivity contribution in [1.29, 1.82) is 0 Å². The van der Waals surface area contributed by atoms with Gasteiger partial charge in [-0.15, -0.1) is 0 Å². The molecule has 0 aliphatic carbocycles. The monoisotopic (exact) mass is 394 g/mol. The molecule has 0 aliphatic heterocycles. The van der Waals surface area contributed by atoms with E-state index in [0.717, 1.165) is 21.9 Å². The molecular formula is C23H26N2O4. The molecule has 6 heteroatoms. The molecule has 0 unspecified atom stereocenters. The van der Waals surface area contributed by atoms with Crippen LogP contribution >= 0.6 is 0 Å². The zero-order valence-corrected chi connectivity index (χ0v) is 17.2. The third-order valence-electron chi connectivity index (χ3n) is 5.01. The van der Waals surface area contributed by atoms with Gasteiger partial charge in [-0.25, -0.2) is 4.79 Å². The Hall–Kier alpha value is -3.15. The summed E-state index contributed by atoms with van der Waals surface area (Å²) in [6, 6.07) is 13.1. The smallest absolute Gasteiger partial charge is 0.329 e. The Morgan fingerprint density at radius 3 is 2.52 bits per heavy atom. The minimum absolute atomic E-state index is 0.0718. The summed E-state index contributed by atoms with van der Waals surface area (Å²) in [5.41, 5.74) is 2.37. The lowest BCUT2D eigenvalue weighted by Crippen LogP contribution is -2.45. The number of nitrogens with one attached hydrogen (secondary N) is 1. The summed E-state index contributed by atoms with van der Waals surface area (Å²) in [5.74, 6) is -0.166. The number of nitrogens with zero attached hydrogens (tertiary/aromatic N) is 1. The Labute approximate surface area is 170 Å². The molecule has 1 heterocycles. The molecule has 29 heavy (non-hydrogen) atoms. The molecule has 3 aromatic rings. The average molecular weight is 394 g/mol. The summed E-state index contributed by atoms with van der Waals surface area (Å²) in [5, 5.41) is 8.81. The van der Waals surface area contributed by atoms with E-state index in [-0.39, 0.29) is 24.9 Å². The molecular weight excluding hydrogens is 368 g/mol. The number of aromatic nitrogens is 1. The van der Waals surface area contributed by atoms with E-state index in [1.165, 1.54) is 0 Å². The number of benzene rings is 2. The maximum Gasteiger partial charge on any atom is 0.329 e. The first-order valence-corrected chi connectivity index (χ1v) is 9.71. The van der Waals surface area contributed by atoms with Gasteiger partial charge < -0.3 is 14.6 Å². The Balaban J connectivity index is 1.66. The van der Waals surface area contributed by atoms with Crippen molar-refractivity contribution >= 4 is 22.6 Å². The number of hydrogen-bond acceptors (Lipinski definition) is 5. The molecule has 0 saturated heterocycles. The number of esters is 1. The quantitative estimate of drug-likeness (QED) is 0.615. The van der Waals surface area contributed by atoms with E-state index in [1.807, 2.05) is 56.3 Å². The van der Waals surface area contributed by atoms with Crippen molar-refractivity contribution in [3.63, 3.8) is 0 Å². The van der Waals surface area contributed by atoms with E-state index < -0.39 is 12.0 Å². The van der Waals surface area contributed by atoms with Gasteiger partial charge in [0.2, 0.25) is 5.91 Å². The van der Waals surface area contributed by atoms with Gasteiger partial charge in [-0.05, 0) is 36.1 Å². The fraction of sp³-hybridized carbons (Fsp3) is 0.348. The molecule has 0 spiro atoms. The zero-order valence-electron chi connectivity index (χ0n) is 17.2. The lowest BCUT2D eigenvalue weighted by atomic mass is 10.0. The van der Waals surface area contributed by atoms with Crippen molar-refractivity contribution in [2.24, 2.45) is 5.92 Å². The summed E-state index contributed by atoms with van der Waals surface area (Å²) < 4.78 is 10.5. The summed E-state index contributed by atoms with van der Waals surface area (Å²) in [6.45, 7) is 7.39. The second-order valence-corrected chi connectivity index (χ2v) is 7.51. The molecule has 0 fully saturated rings. The van der Waals surface area contributed by atoms with E-state index in [1.54, 1.807) is 13.8 Å². The first-order valence-electron chi connectivity index (χ1n) is 9.71. The lowest BCUT2D eigenvalue weighted by Gasteiger charge is -2.21. The van der Waals surface area contributed by atoms with Gasteiger partial charge in [-0.1, -0.05) is 61.5 Å². The molecule has 1 N–H and O–H groups in total. The number of amides is 1. The van der Waals surface area contributed by atoms with Crippen LogP contribution in [0.4, 0.5) is 0 Å². The topological polar surface area (TPSA) is 81.4 Å². The number of ether oxygens (including phenoxy) is 1. The average Bonchev–Trinajstić information content (AvgIpc) is 3.02. The summed E-state index contributed by atoms with van der Waals surface area (Å²) in [6.07, 6.45) is 0.196. The van der Waals surface area contributed by atoms with Crippen molar-refractivity contribution < 1.29 is 18.8 Å². The van der Waals surface area contributed by atoms with Crippen LogP contribution < -0.4 is 5.32 Å². The van der Waals surface area contributed by atoms with E-state index in [9.17, 15) is 9.59 Å². The van der Waals surface area contributed by atoms with E-state index in [4.69, 9.17) is 9.26 Å². The molecule has 152 valence electrons. The van der Waals surface area contributed by atoms with Gasteiger partial charge >= 0.3 is 5.97 Å². The second-order valence-electron chi connectivity index (χ2n) is 7.51. The van der Waals surface area contributed by atoms with Gasteiger partial charge in [0, 0.05) is 0 Å². The Morgan fingerprint density at radius 2 is 1.83 bits per heavy atom. The number of aryl methyl sites for hydroxylation is 2. The summed E-state index contributed by atoms with van der Waals surface area (Å²) in [4.78, 5) is 25.3. The fourth-order valence-corrected chi connectivity index (χ4v) is 3.28. The van der Waals surface area contributed by atoms with Gasteiger partial charge in [-0.2, -0.15) is 0 Å². The van der Waals surface area contributed by atoms with Crippen molar-refractivity contribution in [3.8, 4) is 0 Å². The third kappa shape index (κ3) is 4.83. The van der Waals surface area contributed by atoms with Gasteiger partial charge in [0.05, 0.1) is 17.7 Å². The number of carbonyl (C=O) groups is 2. The third-order valence-corrected chi connectivity index (χ3v) is 5.01. The van der Waals surface area contributed by atoms with Gasteiger partial charge in [0.25, 0.3) is 0 Å². The Morgan fingerprint density at radius 1 is 1.10 bits per heavy atom. The molecule has 1 atom stereocenters. The first-order chi connectivity index (χ1) is 13.9. The SMILES string of the molecule is Cc1noc(C)c1COC(=O)[C@@H](NC(=O)Cc1cccc2ccccc12)C(C)C. The van der Waals surface area contributed by atoms with Crippen LogP contribution in [0.1, 0.15) is 36.4 Å². The number of fused-ring (bicyclic) bond motifs is 1. The number of rotatable bonds is 7. The van der Waals surface area contributed by atoms with Crippen molar-refractivity contribution in [1.82, 2.24) is 10.5 Å². The van der Waals surface area contributed by atoms with Crippen LogP contribution in [0.5, 0.6) is 0 Å². The molecule has 1 amide bonds. The van der Waals surface area contributed by atoms with E-state index >= 15 is 0 Å². The standard InChI is InChI=1S/C23H26N2O4/c1-14(2)22(23(27)28-13-20-15(3)25-29-16(20)4)24-21(26)12-18-10-7-9-17-8-5-6-11-19(17)18/h5-11,14,22H,12-13H2,1-4H3,(H,24,26)/t22-/m0/s1. The summed E-state index contributed by atoms with van der Waals surface area (Å²) in [7, 11) is 0. The van der Waals surface area contributed by atoms with Gasteiger partial charge in [0.1, 0.15) is 18.4 Å². The fourth-order valence-electron chi connectivity index (χ4n) is 3.28. The predicted octanol–water partition coefficient (Wildman–Crippen LogP) is 3.87. The largest absolute Gasteiger partial charge is 0.459 e. The highest BCUT2D eigenvalue weighted by Gasteiger charge is 2.26. The zero-order chi connectivity index (χ0) is 21.0. The van der Waals surface area contributed by atoms with Crippen LogP contribution in [0.15, 0.2) is 47.0 Å². The molecule has 1 aromatic heterocycles. The van der Waals surface area contributed by atoms with Gasteiger partial charge in [0.15, 0.2) is 0 Å². The molecule has 3 rings (SSSR count). The molecule has 0 bridgehead atoms. The lowest BCUT2D eigenvalue weighted by molar-refractivity contribution is -0.150. The number of carbonyl (C=O) groups excluding carboxylic acids is 2. The van der Waals surface area contributed by atoms with Crippen LogP contribution in [0.25, 0.3) is 10.8 Å². The van der Waals surface area contributed by atoms with Crippen LogP contribution in [0.3, 0.4) is 0 Å². The molecule has 2 aromatic carbocycles. The van der Waals surface area contributed by atoms with Crippen LogP contribution in [0.2, 0.25) is 0 Å². The van der Waals surface area contributed by atoms with Crippen LogP contribution in [-0.4, -0.2) is 23.1 Å². The molecule has 0 saturated carbocycles. The van der Waals surface area contributed by atoms with E-state index in [0.29, 0.717) is 11.5 Å². The first kappa shape index (κ1) is 20.6. The normalized spacial score (nSPS) is 12.2. The van der Waals surface area contributed by atoms with Crippen molar-refractivity contribution in [2.75, 3.05) is 0 Å². The Kier molecular flexibility index (Phi) is 6.32. The van der Waals surface area contributed by atoms with Crippen LogP contribution in [0, 0.1) is 19.8 Å².